The third-order valence-electron chi connectivity index (χ3n) is 3.69. The van der Waals surface area contributed by atoms with E-state index in [0.717, 1.165) is 17.3 Å². The summed E-state index contributed by atoms with van der Waals surface area (Å²) in [6.45, 7) is 1.84. The average Bonchev–Trinajstić information content (AvgIpc) is 2.95. The van der Waals surface area contributed by atoms with Gasteiger partial charge >= 0.3 is 5.97 Å². The number of benzene rings is 2. The number of aliphatic imine (C=N–C) groups is 1. The Morgan fingerprint density at radius 1 is 1.18 bits per heavy atom. The first-order chi connectivity index (χ1) is 13.4. The number of hydrogen-bond acceptors (Lipinski definition) is 6. The van der Waals surface area contributed by atoms with Gasteiger partial charge in [0.25, 0.3) is 0 Å². The molecule has 5 nitrogen and oxygen atoms in total. The first-order valence-electron chi connectivity index (χ1n) is 8.22. The zero-order valence-corrected chi connectivity index (χ0v) is 17.0. The molecule has 0 aliphatic carbocycles. The summed E-state index contributed by atoms with van der Waals surface area (Å²) < 4.78 is 5.06. The van der Waals surface area contributed by atoms with Gasteiger partial charge in [0.15, 0.2) is 0 Å². The largest absolute Gasteiger partial charge is 0.508 e. The Morgan fingerprint density at radius 2 is 1.89 bits per heavy atom. The Kier molecular flexibility index (Phi) is 6.34. The number of carbonyl (C=O) groups is 1. The molecule has 1 aliphatic rings. The number of carbonyl (C=O) groups excluding carboxylic acids is 1. The molecule has 2 aromatic rings. The van der Waals surface area contributed by atoms with Gasteiger partial charge in [-0.1, -0.05) is 47.1 Å². The van der Waals surface area contributed by atoms with Crippen LogP contribution in [0.4, 0.5) is 5.69 Å². The zero-order chi connectivity index (χ0) is 20.3. The van der Waals surface area contributed by atoms with Crippen molar-refractivity contribution in [3.63, 3.8) is 0 Å². The van der Waals surface area contributed by atoms with Crippen molar-refractivity contribution in [1.29, 1.82) is 0 Å². The average molecular weight is 436 g/mol. The summed E-state index contributed by atoms with van der Waals surface area (Å²) in [6, 6.07) is 11.2. The molecule has 0 spiro atoms. The van der Waals surface area contributed by atoms with Gasteiger partial charge in [0, 0.05) is 5.02 Å². The number of rotatable bonds is 4. The van der Waals surface area contributed by atoms with Gasteiger partial charge in [0.1, 0.15) is 22.1 Å². The van der Waals surface area contributed by atoms with Crippen molar-refractivity contribution in [3.05, 3.63) is 74.3 Å². The predicted molar refractivity (Wildman–Crippen MR) is 114 cm³/mol. The highest BCUT2D eigenvalue weighted by Gasteiger charge is 2.33. The van der Waals surface area contributed by atoms with Crippen LogP contribution in [0.1, 0.15) is 12.5 Å². The van der Waals surface area contributed by atoms with Gasteiger partial charge in [-0.3, -0.25) is 0 Å². The molecule has 0 amide bonds. The molecule has 28 heavy (non-hydrogen) atoms. The number of phenolic OH excluding ortho intramolecular Hbond substituents is 1. The molecule has 1 aliphatic heterocycles. The minimum atomic E-state index is -0.676. The summed E-state index contributed by atoms with van der Waals surface area (Å²) in [4.78, 5) is 17.2. The quantitative estimate of drug-likeness (QED) is 0.584. The van der Waals surface area contributed by atoms with E-state index in [4.69, 9.17) is 27.9 Å². The number of aromatic hydroxyl groups is 1. The number of halogens is 2. The normalized spacial score (nSPS) is 16.8. The van der Waals surface area contributed by atoms with Gasteiger partial charge in [0.05, 0.1) is 22.2 Å². The van der Waals surface area contributed by atoms with Gasteiger partial charge in [-0.2, -0.15) is 0 Å². The van der Waals surface area contributed by atoms with Crippen LogP contribution in [-0.2, 0) is 9.53 Å². The van der Waals surface area contributed by atoms with E-state index >= 15 is 0 Å². The Labute approximate surface area is 176 Å². The van der Waals surface area contributed by atoms with Crippen LogP contribution in [0.3, 0.4) is 0 Å². The second-order valence-corrected chi connectivity index (χ2v) is 7.53. The topological polar surface area (TPSA) is 79.1 Å². The van der Waals surface area contributed by atoms with Crippen molar-refractivity contribution in [2.75, 3.05) is 6.61 Å². The summed E-state index contributed by atoms with van der Waals surface area (Å²) in [5.74, 6) is -0.765. The van der Waals surface area contributed by atoms with Crippen LogP contribution in [0.2, 0.25) is 10.0 Å². The first kappa shape index (κ1) is 20.3. The van der Waals surface area contributed by atoms with Crippen LogP contribution in [0.5, 0.6) is 5.75 Å². The molecule has 0 radical (unpaired) electrons. The molecule has 144 valence electrons. The SMILES string of the molecule is CCOC(=O)C1=C(O)/C(=C/c2ccc(O)cc2)SC1=Nc1ccc(Cl)cc1Cl. The number of phenols is 1. The van der Waals surface area contributed by atoms with Gasteiger partial charge in [-0.05, 0) is 48.9 Å². The molecule has 8 heteroatoms. The van der Waals surface area contributed by atoms with E-state index in [-0.39, 0.29) is 28.7 Å². The molecule has 0 fully saturated rings. The summed E-state index contributed by atoms with van der Waals surface area (Å²) in [5.41, 5.74) is 1.12. The Balaban J connectivity index is 2.05. The van der Waals surface area contributed by atoms with Crippen molar-refractivity contribution >= 4 is 57.7 Å². The van der Waals surface area contributed by atoms with E-state index in [1.807, 2.05) is 0 Å². The molecule has 0 unspecified atom stereocenters. The van der Waals surface area contributed by atoms with Gasteiger partial charge in [-0.15, -0.1) is 0 Å². The summed E-state index contributed by atoms with van der Waals surface area (Å²) in [5, 5.41) is 21.1. The van der Waals surface area contributed by atoms with E-state index in [9.17, 15) is 15.0 Å². The lowest BCUT2D eigenvalue weighted by atomic mass is 10.1. The maximum Gasteiger partial charge on any atom is 0.344 e. The van der Waals surface area contributed by atoms with Crippen molar-refractivity contribution in [2.24, 2.45) is 4.99 Å². The number of thioether (sulfide) groups is 1. The van der Waals surface area contributed by atoms with Gasteiger partial charge in [-0.25, -0.2) is 9.79 Å². The van der Waals surface area contributed by atoms with Crippen LogP contribution in [0.15, 0.2) is 63.7 Å². The second kappa shape index (κ2) is 8.73. The summed E-state index contributed by atoms with van der Waals surface area (Å²) in [6.07, 6.45) is 1.69. The van der Waals surface area contributed by atoms with Crippen molar-refractivity contribution < 1.29 is 19.7 Å². The van der Waals surface area contributed by atoms with E-state index in [2.05, 4.69) is 4.99 Å². The standard InChI is InChI=1S/C20H15Cl2NO4S/c1-2-27-20(26)17-18(25)16(9-11-3-6-13(24)7-4-11)28-19(17)23-15-8-5-12(21)10-14(15)22/h3-10,24-25H,2H2,1H3/b16-9-,23-19?. The van der Waals surface area contributed by atoms with E-state index in [0.29, 0.717) is 20.6 Å². The van der Waals surface area contributed by atoms with Crippen LogP contribution >= 0.6 is 35.0 Å². The lowest BCUT2D eigenvalue weighted by Gasteiger charge is -2.05. The van der Waals surface area contributed by atoms with Crippen molar-refractivity contribution in [3.8, 4) is 5.75 Å². The summed E-state index contributed by atoms with van der Waals surface area (Å²) >= 11 is 13.2. The number of aliphatic hydroxyl groups excluding tert-OH is 1. The molecule has 0 aromatic heterocycles. The molecule has 2 N–H and O–H groups in total. The fourth-order valence-corrected chi connectivity index (χ4v) is 3.87. The maximum atomic E-state index is 12.4. The third kappa shape index (κ3) is 4.52. The fourth-order valence-electron chi connectivity index (χ4n) is 2.40. The van der Waals surface area contributed by atoms with Crippen molar-refractivity contribution in [1.82, 2.24) is 0 Å². The van der Waals surface area contributed by atoms with E-state index in [1.165, 1.54) is 12.1 Å². The minimum absolute atomic E-state index is 0.0251. The van der Waals surface area contributed by atoms with Crippen molar-refractivity contribution in [2.45, 2.75) is 6.92 Å². The van der Waals surface area contributed by atoms with E-state index < -0.39 is 5.97 Å². The Morgan fingerprint density at radius 3 is 2.54 bits per heavy atom. The van der Waals surface area contributed by atoms with Crippen LogP contribution in [-0.4, -0.2) is 27.8 Å². The van der Waals surface area contributed by atoms with Crippen LogP contribution in [0, 0.1) is 0 Å². The van der Waals surface area contributed by atoms with Gasteiger partial charge < -0.3 is 14.9 Å². The number of hydrogen-bond donors (Lipinski definition) is 2. The molecule has 0 atom stereocenters. The molecular formula is C20H15Cl2NO4S. The number of esters is 1. The molecular weight excluding hydrogens is 421 g/mol. The smallest absolute Gasteiger partial charge is 0.344 e. The first-order valence-corrected chi connectivity index (χ1v) is 9.79. The highest BCUT2D eigenvalue weighted by atomic mass is 35.5. The number of ether oxygens (including phenoxy) is 1. The van der Waals surface area contributed by atoms with E-state index in [1.54, 1.807) is 43.3 Å². The predicted octanol–water partition coefficient (Wildman–Crippen LogP) is 5.89. The molecule has 2 aromatic carbocycles. The molecule has 0 bridgehead atoms. The van der Waals surface area contributed by atoms with Crippen LogP contribution in [0.25, 0.3) is 6.08 Å². The maximum absolute atomic E-state index is 12.4. The van der Waals surface area contributed by atoms with Gasteiger partial charge in [0.2, 0.25) is 0 Å². The van der Waals surface area contributed by atoms with Crippen LogP contribution < -0.4 is 0 Å². The summed E-state index contributed by atoms with van der Waals surface area (Å²) in [7, 11) is 0. The minimum Gasteiger partial charge on any atom is -0.508 e. The molecule has 3 rings (SSSR count). The molecule has 0 saturated heterocycles. The lowest BCUT2D eigenvalue weighted by molar-refractivity contribution is -0.138. The fraction of sp³-hybridized carbons (Fsp3) is 0.100. The Bertz CT molecular complexity index is 1010. The highest BCUT2D eigenvalue weighted by Crippen LogP contribution is 2.41. The molecule has 0 saturated carbocycles. The number of aliphatic hydroxyl groups is 1. The second-order valence-electron chi connectivity index (χ2n) is 5.66. The highest BCUT2D eigenvalue weighted by molar-refractivity contribution is 8.18. The third-order valence-corrected chi connectivity index (χ3v) is 5.25. The number of nitrogens with zero attached hydrogens (tertiary/aromatic N) is 1. The monoisotopic (exact) mass is 435 g/mol. The zero-order valence-electron chi connectivity index (χ0n) is 14.6. The molecule has 1 heterocycles. The Hall–Kier alpha value is -2.41. The lowest BCUT2D eigenvalue weighted by Crippen LogP contribution is -2.12.